The SMILES string of the molecule is NC(CCSCCOc1cccc(Br)c1)C(=O)O. The molecule has 0 aliphatic heterocycles. The van der Waals surface area contributed by atoms with E-state index in [9.17, 15) is 4.79 Å². The van der Waals surface area contributed by atoms with Crippen molar-refractivity contribution in [1.29, 1.82) is 0 Å². The molecule has 0 fully saturated rings. The molecule has 0 aromatic heterocycles. The zero-order chi connectivity index (χ0) is 13.4. The van der Waals surface area contributed by atoms with Crippen LogP contribution in [0.2, 0.25) is 0 Å². The summed E-state index contributed by atoms with van der Waals surface area (Å²) in [6.07, 6.45) is 0.483. The van der Waals surface area contributed by atoms with Crippen LogP contribution in [0.4, 0.5) is 0 Å². The van der Waals surface area contributed by atoms with Crippen LogP contribution < -0.4 is 10.5 Å². The van der Waals surface area contributed by atoms with Crippen LogP contribution >= 0.6 is 27.7 Å². The normalized spacial score (nSPS) is 12.1. The first-order chi connectivity index (χ1) is 8.59. The summed E-state index contributed by atoms with van der Waals surface area (Å²) in [5.74, 6) is 1.43. The Labute approximate surface area is 119 Å². The third-order valence-electron chi connectivity index (χ3n) is 2.18. The topological polar surface area (TPSA) is 72.5 Å². The second-order valence-electron chi connectivity index (χ2n) is 3.65. The molecule has 0 saturated heterocycles. The monoisotopic (exact) mass is 333 g/mol. The Hall–Kier alpha value is -0.720. The maximum atomic E-state index is 10.5. The van der Waals surface area contributed by atoms with Crippen LogP contribution in [0.15, 0.2) is 28.7 Å². The molecule has 3 N–H and O–H groups in total. The Bertz CT molecular complexity index is 389. The van der Waals surface area contributed by atoms with Gasteiger partial charge in [-0.15, -0.1) is 0 Å². The molecule has 1 rings (SSSR count). The first-order valence-electron chi connectivity index (χ1n) is 5.54. The molecule has 1 unspecified atom stereocenters. The number of hydrogen-bond acceptors (Lipinski definition) is 4. The molecule has 0 saturated carbocycles. The minimum absolute atomic E-state index is 0.483. The zero-order valence-corrected chi connectivity index (χ0v) is 12.2. The van der Waals surface area contributed by atoms with Gasteiger partial charge in [0.2, 0.25) is 0 Å². The average molecular weight is 334 g/mol. The lowest BCUT2D eigenvalue weighted by atomic mass is 10.2. The molecule has 0 bridgehead atoms. The fourth-order valence-corrected chi connectivity index (χ4v) is 2.42. The summed E-state index contributed by atoms with van der Waals surface area (Å²) in [5.41, 5.74) is 5.39. The number of hydrogen-bond donors (Lipinski definition) is 2. The number of carboxylic acids is 1. The van der Waals surface area contributed by atoms with Crippen molar-refractivity contribution in [3.05, 3.63) is 28.7 Å². The van der Waals surface area contributed by atoms with Gasteiger partial charge in [0.15, 0.2) is 0 Å². The van der Waals surface area contributed by atoms with Gasteiger partial charge in [-0.25, -0.2) is 0 Å². The number of ether oxygens (including phenoxy) is 1. The van der Waals surface area contributed by atoms with E-state index in [1.165, 1.54) is 0 Å². The maximum absolute atomic E-state index is 10.5. The summed E-state index contributed by atoms with van der Waals surface area (Å²) < 4.78 is 6.53. The molecule has 0 radical (unpaired) electrons. The van der Waals surface area contributed by atoms with Crippen molar-refractivity contribution in [3.8, 4) is 5.75 Å². The molecule has 100 valence electrons. The molecule has 0 amide bonds. The first kappa shape index (κ1) is 15.3. The van der Waals surface area contributed by atoms with Gasteiger partial charge in [-0.1, -0.05) is 22.0 Å². The summed E-state index contributed by atoms with van der Waals surface area (Å²) in [6, 6.07) is 6.90. The quantitative estimate of drug-likeness (QED) is 0.714. The van der Waals surface area contributed by atoms with E-state index in [2.05, 4.69) is 15.9 Å². The molecule has 1 aromatic rings. The zero-order valence-electron chi connectivity index (χ0n) is 9.84. The van der Waals surface area contributed by atoms with Crippen molar-refractivity contribution < 1.29 is 14.6 Å². The van der Waals surface area contributed by atoms with Crippen LogP contribution in [0.5, 0.6) is 5.75 Å². The molecule has 4 nitrogen and oxygen atoms in total. The Morgan fingerprint density at radius 1 is 1.50 bits per heavy atom. The Kier molecular flexibility index (Phi) is 7.15. The number of halogens is 1. The van der Waals surface area contributed by atoms with Crippen molar-refractivity contribution in [2.24, 2.45) is 5.73 Å². The minimum Gasteiger partial charge on any atom is -0.493 e. The molecule has 1 atom stereocenters. The van der Waals surface area contributed by atoms with Crippen molar-refractivity contribution in [3.63, 3.8) is 0 Å². The van der Waals surface area contributed by atoms with Gasteiger partial charge in [-0.3, -0.25) is 4.79 Å². The van der Waals surface area contributed by atoms with Crippen molar-refractivity contribution in [2.45, 2.75) is 12.5 Å². The lowest BCUT2D eigenvalue weighted by Gasteiger charge is -2.07. The number of benzene rings is 1. The van der Waals surface area contributed by atoms with Crippen molar-refractivity contribution in [1.82, 2.24) is 0 Å². The van der Waals surface area contributed by atoms with E-state index in [4.69, 9.17) is 15.6 Å². The minimum atomic E-state index is -0.944. The lowest BCUT2D eigenvalue weighted by molar-refractivity contribution is -0.138. The maximum Gasteiger partial charge on any atom is 0.320 e. The molecule has 0 aliphatic carbocycles. The van der Waals surface area contributed by atoms with Gasteiger partial charge < -0.3 is 15.6 Å². The van der Waals surface area contributed by atoms with E-state index in [1.54, 1.807) is 11.8 Å². The molecular formula is C12H16BrNO3S. The van der Waals surface area contributed by atoms with Gasteiger partial charge in [-0.05, 0) is 30.4 Å². The molecule has 6 heteroatoms. The van der Waals surface area contributed by atoms with Gasteiger partial charge in [0.05, 0.1) is 6.61 Å². The summed E-state index contributed by atoms with van der Waals surface area (Å²) in [6.45, 7) is 0.601. The molecule has 0 spiro atoms. The predicted octanol–water partition coefficient (Wildman–Crippen LogP) is 2.36. The van der Waals surface area contributed by atoms with Gasteiger partial charge in [0.25, 0.3) is 0 Å². The Morgan fingerprint density at radius 2 is 2.28 bits per heavy atom. The standard InChI is InChI=1S/C12H16BrNO3S/c13-9-2-1-3-10(8-9)17-5-7-18-6-4-11(14)12(15)16/h1-3,8,11H,4-7,14H2,(H,15,16). The number of nitrogens with two attached hydrogens (primary N) is 1. The van der Waals surface area contributed by atoms with E-state index in [-0.39, 0.29) is 0 Å². The number of thioether (sulfide) groups is 1. The second kappa shape index (κ2) is 8.39. The fraction of sp³-hybridized carbons (Fsp3) is 0.417. The number of carbonyl (C=O) groups is 1. The second-order valence-corrected chi connectivity index (χ2v) is 5.79. The summed E-state index contributed by atoms with van der Waals surface area (Å²) >= 11 is 5.01. The highest BCUT2D eigenvalue weighted by Gasteiger charge is 2.09. The Morgan fingerprint density at radius 3 is 2.94 bits per heavy atom. The van der Waals surface area contributed by atoms with E-state index >= 15 is 0 Å². The third-order valence-corrected chi connectivity index (χ3v) is 3.66. The highest BCUT2D eigenvalue weighted by molar-refractivity contribution is 9.10. The lowest BCUT2D eigenvalue weighted by Crippen LogP contribution is -2.30. The van der Waals surface area contributed by atoms with Crippen molar-refractivity contribution in [2.75, 3.05) is 18.1 Å². The van der Waals surface area contributed by atoms with E-state index in [0.717, 1.165) is 21.7 Å². The highest BCUT2D eigenvalue weighted by atomic mass is 79.9. The largest absolute Gasteiger partial charge is 0.493 e. The smallest absolute Gasteiger partial charge is 0.320 e. The van der Waals surface area contributed by atoms with Gasteiger partial charge in [0, 0.05) is 10.2 Å². The van der Waals surface area contributed by atoms with Gasteiger partial charge in [0.1, 0.15) is 11.8 Å². The van der Waals surface area contributed by atoms with Crippen LogP contribution in [-0.4, -0.2) is 35.2 Å². The van der Waals surface area contributed by atoms with Crippen LogP contribution in [0, 0.1) is 0 Å². The third kappa shape index (κ3) is 6.28. The number of carboxylic acid groups (broad SMARTS) is 1. The predicted molar refractivity (Wildman–Crippen MR) is 77.2 cm³/mol. The molecule has 0 aliphatic rings. The van der Waals surface area contributed by atoms with E-state index in [1.807, 2.05) is 24.3 Å². The molecule has 1 aromatic carbocycles. The Balaban J connectivity index is 2.07. The van der Waals surface area contributed by atoms with Gasteiger partial charge >= 0.3 is 5.97 Å². The first-order valence-corrected chi connectivity index (χ1v) is 7.49. The summed E-state index contributed by atoms with van der Waals surface area (Å²) in [7, 11) is 0. The average Bonchev–Trinajstić information content (AvgIpc) is 2.33. The fourth-order valence-electron chi connectivity index (χ4n) is 1.21. The molecule has 18 heavy (non-hydrogen) atoms. The number of aliphatic carboxylic acids is 1. The number of rotatable bonds is 8. The summed E-state index contributed by atoms with van der Waals surface area (Å²) in [5, 5.41) is 8.60. The van der Waals surface area contributed by atoms with E-state index < -0.39 is 12.0 Å². The van der Waals surface area contributed by atoms with Crippen molar-refractivity contribution >= 4 is 33.7 Å². The van der Waals surface area contributed by atoms with E-state index in [0.29, 0.717) is 13.0 Å². The van der Waals surface area contributed by atoms with Crippen LogP contribution in [-0.2, 0) is 4.79 Å². The summed E-state index contributed by atoms with van der Waals surface area (Å²) in [4.78, 5) is 10.5. The molecular weight excluding hydrogens is 318 g/mol. The van der Waals surface area contributed by atoms with Gasteiger partial charge in [-0.2, -0.15) is 11.8 Å². The molecule has 0 heterocycles. The highest BCUT2D eigenvalue weighted by Crippen LogP contribution is 2.18. The van der Waals surface area contributed by atoms with Crippen LogP contribution in [0.1, 0.15) is 6.42 Å². The van der Waals surface area contributed by atoms with Crippen LogP contribution in [0.3, 0.4) is 0 Å². The van der Waals surface area contributed by atoms with Crippen LogP contribution in [0.25, 0.3) is 0 Å².